The summed E-state index contributed by atoms with van der Waals surface area (Å²) in [6.07, 6.45) is 3.47. The number of aliphatic hydroxyl groups is 1. The van der Waals surface area contributed by atoms with Crippen LogP contribution in [0.1, 0.15) is 6.92 Å². The number of hydrogen-bond acceptors (Lipinski definition) is 4. The number of fused-ring (bicyclic) bond motifs is 5. The van der Waals surface area contributed by atoms with Gasteiger partial charge in [0.05, 0.1) is 34.8 Å². The first-order valence-corrected chi connectivity index (χ1v) is 7.45. The molecule has 3 aliphatic heterocycles. The summed E-state index contributed by atoms with van der Waals surface area (Å²) in [5.41, 5.74) is -1.59. The van der Waals surface area contributed by atoms with Crippen LogP contribution in [0, 0.1) is 11.8 Å². The summed E-state index contributed by atoms with van der Waals surface area (Å²) in [6, 6.07) is 6.74. The maximum atomic E-state index is 12.9. The zero-order valence-electron chi connectivity index (χ0n) is 11.8. The van der Waals surface area contributed by atoms with Crippen molar-refractivity contribution in [1.82, 2.24) is 0 Å². The van der Waals surface area contributed by atoms with Gasteiger partial charge in [0.25, 0.3) is 0 Å². The van der Waals surface area contributed by atoms with Gasteiger partial charge < -0.3 is 9.84 Å². The van der Waals surface area contributed by atoms with Crippen molar-refractivity contribution in [2.45, 2.75) is 18.1 Å². The zero-order chi connectivity index (χ0) is 15.7. The molecule has 2 bridgehead atoms. The quantitative estimate of drug-likeness (QED) is 0.663. The van der Waals surface area contributed by atoms with Crippen LogP contribution in [-0.4, -0.2) is 34.7 Å². The molecule has 2 fully saturated rings. The number of ether oxygens (including phenoxy) is 1. The number of amides is 2. The number of halogens is 1. The van der Waals surface area contributed by atoms with Gasteiger partial charge in [-0.2, -0.15) is 0 Å². The first-order chi connectivity index (χ1) is 10.4. The molecule has 5 nitrogen and oxygen atoms in total. The molecule has 0 saturated carbocycles. The summed E-state index contributed by atoms with van der Waals surface area (Å²) >= 11 is 6.14. The number of hydrogen-bond donors (Lipinski definition) is 1. The lowest BCUT2D eigenvalue weighted by Gasteiger charge is -2.27. The number of imide groups is 1. The fourth-order valence-corrected chi connectivity index (χ4v) is 4.13. The van der Waals surface area contributed by atoms with Crippen LogP contribution in [0.2, 0.25) is 5.02 Å². The van der Waals surface area contributed by atoms with E-state index in [2.05, 4.69) is 0 Å². The molecule has 6 heteroatoms. The number of rotatable bonds is 2. The molecule has 3 aliphatic rings. The lowest BCUT2D eigenvalue weighted by atomic mass is 9.73. The minimum absolute atomic E-state index is 0.328. The van der Waals surface area contributed by atoms with E-state index >= 15 is 0 Å². The monoisotopic (exact) mass is 319 g/mol. The van der Waals surface area contributed by atoms with Crippen molar-refractivity contribution in [1.29, 1.82) is 0 Å². The fourth-order valence-electron chi connectivity index (χ4n) is 3.91. The number of carbonyl (C=O) groups excluding carboxylic acids is 2. The zero-order valence-corrected chi connectivity index (χ0v) is 12.6. The third-order valence-corrected chi connectivity index (χ3v) is 5.22. The molecule has 1 aromatic rings. The molecule has 4 rings (SSSR count). The van der Waals surface area contributed by atoms with E-state index in [4.69, 9.17) is 16.3 Å². The molecule has 1 N–H and O–H groups in total. The summed E-state index contributed by atoms with van der Waals surface area (Å²) in [7, 11) is 0. The number of benzene rings is 1. The standard InChI is InChI=1S/C16H14ClNO4/c1-15-6-7-16(8-19,22-15)12-11(15)13(20)18(14(12)21)10-5-3-2-4-9(10)17/h2-7,11-12,19H,8H2,1H3/t11-,12-,15+,16+/m1/s1. The third kappa shape index (κ3) is 1.46. The van der Waals surface area contributed by atoms with Crippen LogP contribution in [0.25, 0.3) is 0 Å². The fraction of sp³-hybridized carbons (Fsp3) is 0.375. The van der Waals surface area contributed by atoms with Crippen LogP contribution >= 0.6 is 11.6 Å². The van der Waals surface area contributed by atoms with Gasteiger partial charge in [-0.15, -0.1) is 0 Å². The van der Waals surface area contributed by atoms with Crippen LogP contribution in [0.5, 0.6) is 0 Å². The average molecular weight is 320 g/mol. The lowest BCUT2D eigenvalue weighted by Crippen LogP contribution is -2.43. The van der Waals surface area contributed by atoms with Crippen LogP contribution in [0.15, 0.2) is 36.4 Å². The molecule has 0 aromatic heterocycles. The molecule has 2 amide bonds. The summed E-state index contributed by atoms with van der Waals surface area (Å²) in [5.74, 6) is -2.04. The van der Waals surface area contributed by atoms with E-state index in [1.807, 2.05) is 0 Å². The van der Waals surface area contributed by atoms with Crippen molar-refractivity contribution < 1.29 is 19.4 Å². The number of para-hydroxylation sites is 1. The molecule has 1 aromatic carbocycles. The topological polar surface area (TPSA) is 66.8 Å². The van der Waals surface area contributed by atoms with Gasteiger partial charge >= 0.3 is 0 Å². The van der Waals surface area contributed by atoms with Crippen LogP contribution in [0.3, 0.4) is 0 Å². The molecule has 0 spiro atoms. The number of aliphatic hydroxyl groups excluding tert-OH is 1. The molecule has 0 unspecified atom stereocenters. The second kappa shape index (κ2) is 4.19. The molecule has 0 aliphatic carbocycles. The maximum absolute atomic E-state index is 12.9. The Hall–Kier alpha value is -1.69. The van der Waals surface area contributed by atoms with E-state index in [0.29, 0.717) is 10.7 Å². The van der Waals surface area contributed by atoms with E-state index in [-0.39, 0.29) is 18.4 Å². The second-order valence-electron chi connectivity index (χ2n) is 6.15. The molecular formula is C16H14ClNO4. The molecule has 22 heavy (non-hydrogen) atoms. The first-order valence-electron chi connectivity index (χ1n) is 7.07. The Kier molecular flexibility index (Phi) is 2.65. The van der Waals surface area contributed by atoms with Gasteiger partial charge in [-0.3, -0.25) is 9.59 Å². The highest BCUT2D eigenvalue weighted by atomic mass is 35.5. The third-order valence-electron chi connectivity index (χ3n) is 4.90. The van der Waals surface area contributed by atoms with Crippen molar-refractivity contribution >= 4 is 29.1 Å². The van der Waals surface area contributed by atoms with E-state index in [1.54, 1.807) is 43.3 Å². The Morgan fingerprint density at radius 2 is 1.91 bits per heavy atom. The highest BCUT2D eigenvalue weighted by Crippen LogP contribution is 2.57. The average Bonchev–Trinajstić information content (AvgIpc) is 3.07. The first kappa shape index (κ1) is 13.9. The Labute approximate surface area is 132 Å². The van der Waals surface area contributed by atoms with Crippen molar-refractivity contribution in [3.05, 3.63) is 41.4 Å². The summed E-state index contributed by atoms with van der Waals surface area (Å²) in [5, 5.41) is 10.1. The highest BCUT2D eigenvalue weighted by molar-refractivity contribution is 6.36. The van der Waals surface area contributed by atoms with E-state index in [9.17, 15) is 14.7 Å². The van der Waals surface area contributed by atoms with Crippen molar-refractivity contribution in [3.63, 3.8) is 0 Å². The van der Waals surface area contributed by atoms with Gasteiger partial charge in [-0.25, -0.2) is 4.90 Å². The minimum Gasteiger partial charge on any atom is -0.393 e. The van der Waals surface area contributed by atoms with Gasteiger partial charge in [0.1, 0.15) is 5.60 Å². The van der Waals surface area contributed by atoms with Crippen molar-refractivity contribution in [3.8, 4) is 0 Å². The summed E-state index contributed by atoms with van der Waals surface area (Å²) in [6.45, 7) is 1.43. The predicted octanol–water partition coefficient (Wildman–Crippen LogP) is 1.54. The van der Waals surface area contributed by atoms with E-state index in [0.717, 1.165) is 4.90 Å². The smallest absolute Gasteiger partial charge is 0.241 e. The molecule has 114 valence electrons. The molecule has 4 atom stereocenters. The minimum atomic E-state index is -1.11. The lowest BCUT2D eigenvalue weighted by molar-refractivity contribution is -0.131. The second-order valence-corrected chi connectivity index (χ2v) is 6.56. The van der Waals surface area contributed by atoms with Gasteiger partial charge in [0.15, 0.2) is 0 Å². The Morgan fingerprint density at radius 3 is 2.59 bits per heavy atom. The normalized spacial score (nSPS) is 39.0. The summed E-state index contributed by atoms with van der Waals surface area (Å²) < 4.78 is 5.86. The Morgan fingerprint density at radius 1 is 1.23 bits per heavy atom. The molecule has 3 heterocycles. The number of anilines is 1. The largest absolute Gasteiger partial charge is 0.393 e. The van der Waals surface area contributed by atoms with Gasteiger partial charge in [0, 0.05) is 0 Å². The van der Waals surface area contributed by atoms with Gasteiger partial charge in [0.2, 0.25) is 11.8 Å². The van der Waals surface area contributed by atoms with Crippen molar-refractivity contribution in [2.75, 3.05) is 11.5 Å². The van der Waals surface area contributed by atoms with Gasteiger partial charge in [-0.05, 0) is 19.1 Å². The van der Waals surface area contributed by atoms with E-state index in [1.165, 1.54) is 0 Å². The van der Waals surface area contributed by atoms with E-state index < -0.39 is 23.0 Å². The number of nitrogens with zero attached hydrogens (tertiary/aromatic N) is 1. The number of carbonyl (C=O) groups is 2. The Balaban J connectivity index is 1.84. The Bertz CT molecular complexity index is 733. The molecule has 2 saturated heterocycles. The van der Waals surface area contributed by atoms with Gasteiger partial charge in [-0.1, -0.05) is 35.9 Å². The predicted molar refractivity (Wildman–Crippen MR) is 79.4 cm³/mol. The highest BCUT2D eigenvalue weighted by Gasteiger charge is 2.72. The van der Waals surface area contributed by atoms with Crippen molar-refractivity contribution in [2.24, 2.45) is 11.8 Å². The maximum Gasteiger partial charge on any atom is 0.241 e. The summed E-state index contributed by atoms with van der Waals surface area (Å²) in [4.78, 5) is 26.9. The molecular weight excluding hydrogens is 306 g/mol. The SMILES string of the molecule is C[C@@]12C=C[C@@](CO)(O1)[C@H]1C(=O)N(c3ccccc3Cl)C(=O)[C@@H]12. The molecule has 0 radical (unpaired) electrons. The van der Waals surface area contributed by atoms with Crippen LogP contribution in [-0.2, 0) is 14.3 Å². The van der Waals surface area contributed by atoms with Crippen LogP contribution in [0.4, 0.5) is 5.69 Å². The van der Waals surface area contributed by atoms with Crippen LogP contribution < -0.4 is 4.90 Å².